The van der Waals surface area contributed by atoms with Crippen molar-refractivity contribution >= 4 is 0 Å². The van der Waals surface area contributed by atoms with E-state index in [1.165, 1.54) is 0 Å². The van der Waals surface area contributed by atoms with Gasteiger partial charge in [-0.25, -0.2) is 0 Å². The molecule has 0 saturated heterocycles. The molecule has 0 aromatic carbocycles. The van der Waals surface area contributed by atoms with Crippen molar-refractivity contribution in [2.75, 3.05) is 0 Å². The average Bonchev–Trinajstić information content (AvgIpc) is 2.80. The minimum Gasteiger partial charge on any atom is -0.320 e. The lowest BCUT2D eigenvalue weighted by atomic mass is 10.5. The van der Waals surface area contributed by atoms with E-state index in [4.69, 9.17) is 0 Å². The summed E-state index contributed by atoms with van der Waals surface area (Å²) < 4.78 is 3.85. The van der Waals surface area contributed by atoms with Crippen molar-refractivity contribution < 1.29 is 0 Å². The van der Waals surface area contributed by atoms with Crippen molar-refractivity contribution in [3.8, 4) is 0 Å². The number of nitrogens with zero attached hydrogens (tertiary/aromatic N) is 6. The molecule has 0 fully saturated rings. The molecule has 0 amide bonds. The van der Waals surface area contributed by atoms with Crippen LogP contribution < -0.4 is 5.32 Å². The van der Waals surface area contributed by atoms with Gasteiger partial charge in [-0.05, 0) is 6.92 Å². The van der Waals surface area contributed by atoms with Crippen molar-refractivity contribution in [2.24, 2.45) is 14.1 Å². The number of aromatic nitrogens is 6. The summed E-state index contributed by atoms with van der Waals surface area (Å²) in [5, 5.41) is 19.1. The molecule has 0 aliphatic heterocycles. The molecule has 0 saturated carbocycles. The Morgan fingerprint density at radius 3 is 2.44 bits per heavy atom. The lowest BCUT2D eigenvalue weighted by Crippen LogP contribution is -2.18. The third-order valence-corrected chi connectivity index (χ3v) is 2.55. The molecule has 2 aromatic rings. The molecule has 2 heterocycles. The molecule has 7 nitrogen and oxygen atoms in total. The van der Waals surface area contributed by atoms with Gasteiger partial charge in [0.15, 0.2) is 0 Å². The van der Waals surface area contributed by atoms with Crippen LogP contribution in [0.2, 0.25) is 0 Å². The predicted molar refractivity (Wildman–Crippen MR) is 57.3 cm³/mol. The van der Waals surface area contributed by atoms with Gasteiger partial charge >= 0.3 is 0 Å². The molecular weight excluding hydrogens is 206 g/mol. The molecule has 0 aliphatic rings. The van der Waals surface area contributed by atoms with E-state index >= 15 is 0 Å². The fraction of sp³-hybridized carbons (Fsp3) is 0.556. The van der Waals surface area contributed by atoms with E-state index in [9.17, 15) is 0 Å². The molecule has 2 rings (SSSR count). The van der Waals surface area contributed by atoms with E-state index in [2.05, 4.69) is 25.7 Å². The molecule has 0 atom stereocenters. The largest absolute Gasteiger partial charge is 0.320 e. The van der Waals surface area contributed by atoms with Crippen LogP contribution in [0.25, 0.3) is 0 Å². The lowest BCUT2D eigenvalue weighted by Gasteiger charge is -2.04. The Labute approximate surface area is 93.5 Å². The van der Waals surface area contributed by atoms with Gasteiger partial charge in [0.2, 0.25) is 0 Å². The molecule has 16 heavy (non-hydrogen) atoms. The van der Waals surface area contributed by atoms with Crippen LogP contribution >= 0.6 is 0 Å². The van der Waals surface area contributed by atoms with Crippen LogP contribution in [0.5, 0.6) is 0 Å². The highest BCUT2D eigenvalue weighted by Gasteiger charge is 2.05. The van der Waals surface area contributed by atoms with Crippen LogP contribution in [-0.2, 0) is 27.2 Å². The predicted octanol–water partition coefficient (Wildman–Crippen LogP) is -0.458. The molecule has 1 N–H and O–H groups in total. The van der Waals surface area contributed by atoms with Crippen LogP contribution in [0.3, 0.4) is 0 Å². The third-order valence-electron chi connectivity index (χ3n) is 2.55. The SMILES string of the molecule is Cc1nnc(CNCc2nncn2C)n1C. The number of nitrogens with one attached hydrogen (secondary N) is 1. The Balaban J connectivity index is 1.89. The zero-order valence-electron chi connectivity index (χ0n) is 9.67. The molecule has 0 unspecified atom stereocenters. The molecule has 0 bridgehead atoms. The second-order valence-electron chi connectivity index (χ2n) is 3.68. The normalized spacial score (nSPS) is 10.9. The van der Waals surface area contributed by atoms with E-state index < -0.39 is 0 Å². The first kappa shape index (κ1) is 10.7. The average molecular weight is 221 g/mol. The second-order valence-corrected chi connectivity index (χ2v) is 3.68. The Morgan fingerprint density at radius 2 is 1.88 bits per heavy atom. The summed E-state index contributed by atoms with van der Waals surface area (Å²) in [5.41, 5.74) is 0. The number of aryl methyl sites for hydroxylation is 2. The molecule has 0 spiro atoms. The van der Waals surface area contributed by atoms with E-state index in [-0.39, 0.29) is 0 Å². The molecule has 0 radical (unpaired) electrons. The first-order chi connectivity index (χ1) is 7.68. The van der Waals surface area contributed by atoms with Gasteiger partial charge in [-0.15, -0.1) is 20.4 Å². The molecule has 7 heteroatoms. The Bertz CT molecular complexity index is 470. The number of rotatable bonds is 4. The third kappa shape index (κ3) is 2.08. The summed E-state index contributed by atoms with van der Waals surface area (Å²) in [6, 6.07) is 0. The second kappa shape index (κ2) is 4.40. The van der Waals surface area contributed by atoms with Crippen LogP contribution in [0.4, 0.5) is 0 Å². The summed E-state index contributed by atoms with van der Waals surface area (Å²) >= 11 is 0. The summed E-state index contributed by atoms with van der Waals surface area (Å²) in [6.07, 6.45) is 1.68. The first-order valence-corrected chi connectivity index (χ1v) is 5.07. The van der Waals surface area contributed by atoms with Crippen molar-refractivity contribution in [3.05, 3.63) is 23.8 Å². The van der Waals surface area contributed by atoms with E-state index in [0.29, 0.717) is 13.1 Å². The Kier molecular flexibility index (Phi) is 2.95. The summed E-state index contributed by atoms with van der Waals surface area (Å²) in [5.74, 6) is 2.73. The zero-order chi connectivity index (χ0) is 11.5. The van der Waals surface area contributed by atoms with Crippen molar-refractivity contribution in [1.29, 1.82) is 0 Å². The monoisotopic (exact) mass is 221 g/mol. The van der Waals surface area contributed by atoms with Crippen LogP contribution in [0.1, 0.15) is 17.5 Å². The van der Waals surface area contributed by atoms with Gasteiger partial charge in [0.25, 0.3) is 0 Å². The van der Waals surface area contributed by atoms with Gasteiger partial charge in [-0.1, -0.05) is 0 Å². The van der Waals surface area contributed by atoms with Crippen molar-refractivity contribution in [2.45, 2.75) is 20.0 Å². The van der Waals surface area contributed by atoms with Gasteiger partial charge in [0.1, 0.15) is 23.8 Å². The number of hydrogen-bond acceptors (Lipinski definition) is 5. The molecule has 86 valence electrons. The fourth-order valence-corrected chi connectivity index (χ4v) is 1.36. The van der Waals surface area contributed by atoms with Crippen LogP contribution in [0.15, 0.2) is 6.33 Å². The van der Waals surface area contributed by atoms with Gasteiger partial charge in [0, 0.05) is 14.1 Å². The number of hydrogen-bond donors (Lipinski definition) is 1. The van der Waals surface area contributed by atoms with E-state index in [0.717, 1.165) is 17.5 Å². The van der Waals surface area contributed by atoms with Crippen molar-refractivity contribution in [3.63, 3.8) is 0 Å². The fourth-order valence-electron chi connectivity index (χ4n) is 1.36. The molecular formula is C9H15N7. The standard InChI is InChI=1S/C9H15N7/c1-7-12-14-9(16(7)3)5-10-4-8-13-11-6-15(8)2/h6,10H,4-5H2,1-3H3. The molecule has 0 aliphatic carbocycles. The van der Waals surface area contributed by atoms with Crippen LogP contribution in [-0.4, -0.2) is 29.5 Å². The topological polar surface area (TPSA) is 73.5 Å². The smallest absolute Gasteiger partial charge is 0.146 e. The minimum absolute atomic E-state index is 0.669. The summed E-state index contributed by atoms with van der Waals surface area (Å²) in [4.78, 5) is 0. The van der Waals surface area contributed by atoms with E-state index in [1.54, 1.807) is 6.33 Å². The highest BCUT2D eigenvalue weighted by Crippen LogP contribution is 1.97. The lowest BCUT2D eigenvalue weighted by molar-refractivity contribution is 0.601. The van der Waals surface area contributed by atoms with Gasteiger partial charge < -0.3 is 14.5 Å². The maximum absolute atomic E-state index is 4.06. The summed E-state index contributed by atoms with van der Waals surface area (Å²) in [6.45, 7) is 3.27. The first-order valence-electron chi connectivity index (χ1n) is 5.07. The maximum Gasteiger partial charge on any atom is 0.146 e. The van der Waals surface area contributed by atoms with Gasteiger partial charge in [0.05, 0.1) is 13.1 Å². The minimum atomic E-state index is 0.669. The highest BCUT2D eigenvalue weighted by atomic mass is 15.3. The Morgan fingerprint density at radius 1 is 1.12 bits per heavy atom. The van der Waals surface area contributed by atoms with Gasteiger partial charge in [-0.2, -0.15) is 0 Å². The van der Waals surface area contributed by atoms with Gasteiger partial charge in [-0.3, -0.25) is 0 Å². The van der Waals surface area contributed by atoms with Crippen molar-refractivity contribution in [1.82, 2.24) is 34.8 Å². The summed E-state index contributed by atoms with van der Waals surface area (Å²) in [7, 11) is 3.87. The highest BCUT2D eigenvalue weighted by molar-refractivity contribution is 4.92. The van der Waals surface area contributed by atoms with Crippen LogP contribution in [0, 0.1) is 6.92 Å². The quantitative estimate of drug-likeness (QED) is 0.756. The maximum atomic E-state index is 4.06. The van der Waals surface area contributed by atoms with E-state index in [1.807, 2.05) is 30.2 Å². The Hall–Kier alpha value is -1.76. The molecule has 2 aromatic heterocycles. The zero-order valence-corrected chi connectivity index (χ0v) is 9.67.